The van der Waals surface area contributed by atoms with Gasteiger partial charge >= 0.3 is 0 Å². The minimum absolute atomic E-state index is 0.118. The highest BCUT2D eigenvalue weighted by Crippen LogP contribution is 2.15. The van der Waals surface area contributed by atoms with E-state index in [4.69, 9.17) is 0 Å². The van der Waals surface area contributed by atoms with Crippen molar-refractivity contribution in [2.45, 2.75) is 31.8 Å². The van der Waals surface area contributed by atoms with Crippen molar-refractivity contribution in [2.24, 2.45) is 0 Å². The average molecular weight is 311 g/mol. The maximum absolute atomic E-state index is 12.3. The molecule has 0 saturated carbocycles. The lowest BCUT2D eigenvalue weighted by Gasteiger charge is -2.28. The minimum atomic E-state index is -0.356. The number of amides is 1. The molecular weight excluding hydrogens is 290 g/mol. The molecule has 3 N–H and O–H groups in total. The molecule has 23 heavy (non-hydrogen) atoms. The molecule has 0 radical (unpaired) electrons. The van der Waals surface area contributed by atoms with Gasteiger partial charge in [-0.1, -0.05) is 30.3 Å². The Balaban J connectivity index is 1.75. The number of piperidine rings is 1. The molecule has 0 spiro atoms. The zero-order valence-electron chi connectivity index (χ0n) is 13.1. The van der Waals surface area contributed by atoms with Crippen LogP contribution in [0.2, 0.25) is 0 Å². The van der Waals surface area contributed by atoms with Crippen molar-refractivity contribution in [3.8, 4) is 11.3 Å². The predicted octanol–water partition coefficient (Wildman–Crippen LogP) is 1.91. The second-order valence-corrected chi connectivity index (χ2v) is 6.03. The van der Waals surface area contributed by atoms with E-state index in [9.17, 15) is 9.59 Å². The van der Waals surface area contributed by atoms with Gasteiger partial charge in [-0.3, -0.25) is 9.59 Å². The van der Waals surface area contributed by atoms with Gasteiger partial charge in [0.2, 0.25) is 0 Å². The van der Waals surface area contributed by atoms with Crippen LogP contribution in [0.5, 0.6) is 0 Å². The quantitative estimate of drug-likeness (QED) is 0.810. The second-order valence-electron chi connectivity index (χ2n) is 6.03. The molecule has 1 aliphatic rings. The van der Waals surface area contributed by atoms with E-state index in [1.54, 1.807) is 12.1 Å². The minimum Gasteiger partial charge on any atom is -0.349 e. The number of hydrogen-bond acceptors (Lipinski definition) is 3. The second kappa shape index (κ2) is 6.79. The lowest BCUT2D eigenvalue weighted by atomic mass is 10.0. The number of aromatic nitrogens is 1. The van der Waals surface area contributed by atoms with Gasteiger partial charge in [-0.25, -0.2) is 0 Å². The largest absolute Gasteiger partial charge is 0.349 e. The standard InChI is InChI=1S/C18H21N3O2/c1-12-11-14(9-10-19-12)20-17(22)15-7-8-16(21-18(15)23)13-5-3-2-4-6-13/h2-8,12,14,19H,9-11H2,1H3,(H,20,22)(H,21,23). The van der Waals surface area contributed by atoms with Crippen molar-refractivity contribution in [1.29, 1.82) is 0 Å². The van der Waals surface area contributed by atoms with Crippen LogP contribution in [0, 0.1) is 0 Å². The maximum atomic E-state index is 12.3. The van der Waals surface area contributed by atoms with E-state index in [1.165, 1.54) is 0 Å². The molecule has 2 atom stereocenters. The lowest BCUT2D eigenvalue weighted by Crippen LogP contribution is -2.47. The number of rotatable bonds is 3. The SMILES string of the molecule is CC1CC(NC(=O)c2ccc(-c3ccccc3)[nH]c2=O)CCN1. The van der Waals surface area contributed by atoms with Crippen LogP contribution >= 0.6 is 0 Å². The zero-order chi connectivity index (χ0) is 16.2. The molecule has 2 heterocycles. The molecule has 1 aliphatic heterocycles. The Kier molecular flexibility index (Phi) is 4.57. The van der Waals surface area contributed by atoms with Gasteiger partial charge in [-0.2, -0.15) is 0 Å². The molecule has 5 nitrogen and oxygen atoms in total. The van der Waals surface area contributed by atoms with Crippen LogP contribution in [0.3, 0.4) is 0 Å². The molecule has 3 rings (SSSR count). The highest BCUT2D eigenvalue weighted by molar-refractivity contribution is 5.94. The fraction of sp³-hybridized carbons (Fsp3) is 0.333. The molecule has 0 aliphatic carbocycles. The Bertz CT molecular complexity index is 739. The average Bonchev–Trinajstić information content (AvgIpc) is 2.55. The Morgan fingerprint density at radius 1 is 1.17 bits per heavy atom. The first-order valence-electron chi connectivity index (χ1n) is 7.96. The van der Waals surface area contributed by atoms with E-state index < -0.39 is 0 Å². The first-order chi connectivity index (χ1) is 11.1. The van der Waals surface area contributed by atoms with Crippen molar-refractivity contribution in [3.63, 3.8) is 0 Å². The fourth-order valence-corrected chi connectivity index (χ4v) is 2.96. The summed E-state index contributed by atoms with van der Waals surface area (Å²) in [5.74, 6) is -0.301. The summed E-state index contributed by atoms with van der Waals surface area (Å²) < 4.78 is 0. The van der Waals surface area contributed by atoms with Crippen LogP contribution in [0.15, 0.2) is 47.3 Å². The number of carbonyl (C=O) groups excluding carboxylic acids is 1. The van der Waals surface area contributed by atoms with E-state index in [2.05, 4.69) is 22.5 Å². The van der Waals surface area contributed by atoms with Crippen molar-refractivity contribution in [2.75, 3.05) is 6.54 Å². The molecule has 2 unspecified atom stereocenters. The number of pyridine rings is 1. The van der Waals surface area contributed by atoms with Gasteiger partial charge in [0.1, 0.15) is 5.56 Å². The summed E-state index contributed by atoms with van der Waals surface area (Å²) in [6, 6.07) is 13.4. The van der Waals surface area contributed by atoms with E-state index in [-0.39, 0.29) is 23.1 Å². The van der Waals surface area contributed by atoms with Crippen LogP contribution in [0.25, 0.3) is 11.3 Å². The van der Waals surface area contributed by atoms with Gasteiger partial charge in [-0.15, -0.1) is 0 Å². The van der Waals surface area contributed by atoms with Gasteiger partial charge in [0, 0.05) is 17.8 Å². The molecular formula is C18H21N3O2. The molecule has 1 aromatic carbocycles. The van der Waals surface area contributed by atoms with Crippen LogP contribution in [0.4, 0.5) is 0 Å². The molecule has 5 heteroatoms. The Hall–Kier alpha value is -2.40. The van der Waals surface area contributed by atoms with Crippen LogP contribution in [-0.2, 0) is 0 Å². The molecule has 1 fully saturated rings. The van der Waals surface area contributed by atoms with Crippen LogP contribution in [0.1, 0.15) is 30.1 Å². The van der Waals surface area contributed by atoms with Crippen molar-refractivity contribution in [1.82, 2.24) is 15.6 Å². The first-order valence-corrected chi connectivity index (χ1v) is 7.96. The zero-order valence-corrected chi connectivity index (χ0v) is 13.1. The molecule has 1 amide bonds. The Morgan fingerprint density at radius 3 is 2.65 bits per heavy atom. The van der Waals surface area contributed by atoms with Gasteiger partial charge in [0.15, 0.2) is 0 Å². The Morgan fingerprint density at radius 2 is 1.96 bits per heavy atom. The monoisotopic (exact) mass is 311 g/mol. The summed E-state index contributed by atoms with van der Waals surface area (Å²) >= 11 is 0. The summed E-state index contributed by atoms with van der Waals surface area (Å²) in [4.78, 5) is 27.4. The summed E-state index contributed by atoms with van der Waals surface area (Å²) in [7, 11) is 0. The number of nitrogens with one attached hydrogen (secondary N) is 3. The summed E-state index contributed by atoms with van der Waals surface area (Å²) in [5, 5.41) is 6.31. The molecule has 1 aromatic heterocycles. The van der Waals surface area contributed by atoms with E-state index >= 15 is 0 Å². The number of H-pyrrole nitrogens is 1. The number of carbonyl (C=O) groups is 1. The molecule has 0 bridgehead atoms. The van der Waals surface area contributed by atoms with Crippen molar-refractivity contribution < 1.29 is 4.79 Å². The highest BCUT2D eigenvalue weighted by atomic mass is 16.2. The smallest absolute Gasteiger partial charge is 0.261 e. The van der Waals surface area contributed by atoms with E-state index in [0.29, 0.717) is 11.7 Å². The van der Waals surface area contributed by atoms with Crippen molar-refractivity contribution in [3.05, 3.63) is 58.4 Å². The first kappa shape index (κ1) is 15.5. The summed E-state index contributed by atoms with van der Waals surface area (Å²) in [5.41, 5.74) is 1.44. The third-order valence-electron chi connectivity index (χ3n) is 4.20. The van der Waals surface area contributed by atoms with E-state index in [1.807, 2.05) is 30.3 Å². The lowest BCUT2D eigenvalue weighted by molar-refractivity contribution is 0.0924. The normalized spacial score (nSPS) is 20.9. The fourth-order valence-electron chi connectivity index (χ4n) is 2.96. The molecule has 120 valence electrons. The third-order valence-corrected chi connectivity index (χ3v) is 4.20. The van der Waals surface area contributed by atoms with Gasteiger partial charge in [0.05, 0.1) is 0 Å². The molecule has 1 saturated heterocycles. The van der Waals surface area contributed by atoms with Crippen molar-refractivity contribution >= 4 is 5.91 Å². The topological polar surface area (TPSA) is 74.0 Å². The predicted molar refractivity (Wildman–Crippen MR) is 90.5 cm³/mol. The van der Waals surface area contributed by atoms with Gasteiger partial charge in [0.25, 0.3) is 11.5 Å². The maximum Gasteiger partial charge on any atom is 0.261 e. The van der Waals surface area contributed by atoms with E-state index in [0.717, 1.165) is 24.9 Å². The van der Waals surface area contributed by atoms with Crippen LogP contribution < -0.4 is 16.2 Å². The molecule has 2 aromatic rings. The third kappa shape index (κ3) is 3.68. The van der Waals surface area contributed by atoms with Gasteiger partial charge < -0.3 is 15.6 Å². The van der Waals surface area contributed by atoms with Crippen LogP contribution in [-0.4, -0.2) is 29.5 Å². The number of hydrogen-bond donors (Lipinski definition) is 3. The Labute approximate surface area is 135 Å². The number of benzene rings is 1. The highest BCUT2D eigenvalue weighted by Gasteiger charge is 2.21. The summed E-state index contributed by atoms with van der Waals surface area (Å²) in [6.45, 7) is 2.98. The summed E-state index contributed by atoms with van der Waals surface area (Å²) in [6.07, 6.45) is 1.77. The van der Waals surface area contributed by atoms with Gasteiger partial charge in [-0.05, 0) is 44.0 Å². The number of aromatic amines is 1.